The van der Waals surface area contributed by atoms with Gasteiger partial charge in [-0.3, -0.25) is 4.79 Å². The zero-order valence-electron chi connectivity index (χ0n) is 14.4. The van der Waals surface area contributed by atoms with Crippen molar-refractivity contribution >= 4 is 17.5 Å². The molecular formula is C20H20ClNO3. The minimum Gasteiger partial charge on any atom is -0.493 e. The van der Waals surface area contributed by atoms with E-state index in [0.29, 0.717) is 23.1 Å². The Hall–Kier alpha value is -2.64. The molecule has 130 valence electrons. The summed E-state index contributed by atoms with van der Waals surface area (Å²) in [5.41, 5.74) is 1.69. The Morgan fingerprint density at radius 3 is 2.60 bits per heavy atom. The third-order valence-corrected chi connectivity index (χ3v) is 3.98. The van der Waals surface area contributed by atoms with E-state index < -0.39 is 5.92 Å². The Kier molecular flexibility index (Phi) is 6.73. The van der Waals surface area contributed by atoms with Gasteiger partial charge in [-0.15, -0.1) is 0 Å². The second-order valence-electron chi connectivity index (χ2n) is 5.40. The highest BCUT2D eigenvalue weighted by molar-refractivity contribution is 6.30. The van der Waals surface area contributed by atoms with Crippen molar-refractivity contribution in [1.29, 1.82) is 0 Å². The quantitative estimate of drug-likeness (QED) is 0.791. The van der Waals surface area contributed by atoms with Gasteiger partial charge >= 0.3 is 0 Å². The Morgan fingerprint density at radius 2 is 1.96 bits per heavy atom. The predicted molar refractivity (Wildman–Crippen MR) is 98.8 cm³/mol. The summed E-state index contributed by atoms with van der Waals surface area (Å²) in [5, 5.41) is 3.59. The maximum atomic E-state index is 12.5. The molecule has 2 aromatic carbocycles. The molecule has 0 radical (unpaired) electrons. The van der Waals surface area contributed by atoms with Crippen LogP contribution in [-0.4, -0.2) is 13.0 Å². The van der Waals surface area contributed by atoms with Gasteiger partial charge in [-0.2, -0.15) is 0 Å². The average molecular weight is 358 g/mol. The SMILES string of the molecule is CC#COc1c(OC)cccc1C(C)C(=O)NCc1ccc(Cl)cc1. The fourth-order valence-corrected chi connectivity index (χ4v) is 2.46. The molecule has 0 aliphatic rings. The van der Waals surface area contributed by atoms with Crippen molar-refractivity contribution in [2.24, 2.45) is 0 Å². The molecule has 0 bridgehead atoms. The van der Waals surface area contributed by atoms with Gasteiger partial charge in [0.1, 0.15) is 6.11 Å². The van der Waals surface area contributed by atoms with Gasteiger partial charge in [-0.1, -0.05) is 41.8 Å². The Morgan fingerprint density at radius 1 is 1.24 bits per heavy atom. The first-order valence-electron chi connectivity index (χ1n) is 7.84. The molecule has 2 aromatic rings. The summed E-state index contributed by atoms with van der Waals surface area (Å²) < 4.78 is 10.8. The third-order valence-electron chi connectivity index (χ3n) is 3.72. The summed E-state index contributed by atoms with van der Waals surface area (Å²) in [7, 11) is 1.55. The molecule has 0 saturated heterocycles. The number of benzene rings is 2. The second kappa shape index (κ2) is 9.00. The minimum absolute atomic E-state index is 0.113. The maximum absolute atomic E-state index is 12.5. The number of hydrogen-bond acceptors (Lipinski definition) is 3. The molecule has 1 amide bonds. The second-order valence-corrected chi connectivity index (χ2v) is 5.84. The van der Waals surface area contributed by atoms with Crippen LogP contribution in [0.5, 0.6) is 11.5 Å². The van der Waals surface area contributed by atoms with Gasteiger partial charge in [0.2, 0.25) is 5.91 Å². The van der Waals surface area contributed by atoms with Crippen LogP contribution in [0, 0.1) is 12.0 Å². The number of halogens is 1. The van der Waals surface area contributed by atoms with E-state index in [0.717, 1.165) is 11.1 Å². The summed E-state index contributed by atoms with van der Waals surface area (Å²) >= 11 is 5.87. The highest BCUT2D eigenvalue weighted by Crippen LogP contribution is 2.35. The van der Waals surface area contributed by atoms with Gasteiger partial charge in [0, 0.05) is 24.1 Å². The zero-order chi connectivity index (χ0) is 18.2. The first-order chi connectivity index (χ1) is 12.1. The monoisotopic (exact) mass is 357 g/mol. The molecule has 0 aliphatic heterocycles. The number of amides is 1. The number of carbonyl (C=O) groups is 1. The molecule has 1 unspecified atom stereocenters. The summed E-state index contributed by atoms with van der Waals surface area (Å²) in [6, 6.07) is 12.8. The molecule has 1 N–H and O–H groups in total. The third kappa shape index (κ3) is 4.91. The molecule has 0 aliphatic carbocycles. The molecule has 0 spiro atoms. The van der Waals surface area contributed by atoms with Crippen LogP contribution < -0.4 is 14.8 Å². The molecule has 0 heterocycles. The van der Waals surface area contributed by atoms with Gasteiger partial charge in [0.15, 0.2) is 11.5 Å². The summed E-state index contributed by atoms with van der Waals surface area (Å²) in [6.07, 6.45) is 2.56. The number of carbonyl (C=O) groups excluding carboxylic acids is 1. The van der Waals surface area contributed by atoms with E-state index in [1.54, 1.807) is 32.2 Å². The summed E-state index contributed by atoms with van der Waals surface area (Å²) in [4.78, 5) is 12.5. The highest BCUT2D eigenvalue weighted by Gasteiger charge is 2.22. The first kappa shape index (κ1) is 18.7. The number of hydrogen-bond donors (Lipinski definition) is 1. The van der Waals surface area contributed by atoms with Crippen LogP contribution in [0.1, 0.15) is 30.9 Å². The van der Waals surface area contributed by atoms with Gasteiger partial charge < -0.3 is 14.8 Å². The normalized spacial score (nSPS) is 11.0. The number of para-hydroxylation sites is 1. The minimum atomic E-state index is -0.420. The fraction of sp³-hybridized carbons (Fsp3) is 0.250. The van der Waals surface area contributed by atoms with Crippen molar-refractivity contribution in [3.05, 3.63) is 58.6 Å². The Balaban J connectivity index is 2.15. The lowest BCUT2D eigenvalue weighted by molar-refractivity contribution is -0.122. The Labute approximate surface area is 153 Å². The molecule has 25 heavy (non-hydrogen) atoms. The number of methoxy groups -OCH3 is 1. The number of ether oxygens (including phenoxy) is 2. The highest BCUT2D eigenvalue weighted by atomic mass is 35.5. The van der Waals surface area contributed by atoms with Gasteiger partial charge in [0.05, 0.1) is 13.0 Å². The van der Waals surface area contributed by atoms with Gasteiger partial charge in [0.25, 0.3) is 0 Å². The van der Waals surface area contributed by atoms with E-state index in [9.17, 15) is 4.79 Å². The lowest BCUT2D eigenvalue weighted by Gasteiger charge is -2.17. The molecule has 0 fully saturated rings. The molecule has 2 rings (SSSR count). The molecular weight excluding hydrogens is 338 g/mol. The number of rotatable bonds is 6. The van der Waals surface area contributed by atoms with Crippen molar-refractivity contribution in [3.8, 4) is 23.5 Å². The largest absolute Gasteiger partial charge is 0.493 e. The fourth-order valence-electron chi connectivity index (χ4n) is 2.33. The van der Waals surface area contributed by atoms with E-state index in [1.807, 2.05) is 31.2 Å². The van der Waals surface area contributed by atoms with Crippen LogP contribution in [-0.2, 0) is 11.3 Å². The first-order valence-corrected chi connectivity index (χ1v) is 8.22. The zero-order valence-corrected chi connectivity index (χ0v) is 15.2. The molecule has 1 atom stereocenters. The van der Waals surface area contributed by atoms with Crippen molar-refractivity contribution < 1.29 is 14.3 Å². The van der Waals surface area contributed by atoms with E-state index in [4.69, 9.17) is 21.1 Å². The lowest BCUT2D eigenvalue weighted by Crippen LogP contribution is -2.27. The lowest BCUT2D eigenvalue weighted by atomic mass is 9.98. The van der Waals surface area contributed by atoms with Gasteiger partial charge in [-0.05, 0) is 30.7 Å². The molecule has 0 aromatic heterocycles. The van der Waals surface area contributed by atoms with Crippen LogP contribution in [0.4, 0.5) is 0 Å². The van der Waals surface area contributed by atoms with Crippen LogP contribution in [0.15, 0.2) is 42.5 Å². The van der Waals surface area contributed by atoms with Gasteiger partial charge in [-0.25, -0.2) is 0 Å². The van der Waals surface area contributed by atoms with E-state index >= 15 is 0 Å². The summed E-state index contributed by atoms with van der Waals surface area (Å²) in [6.45, 7) is 3.92. The average Bonchev–Trinajstić information content (AvgIpc) is 2.64. The van der Waals surface area contributed by atoms with Crippen molar-refractivity contribution in [2.75, 3.05) is 7.11 Å². The predicted octanol–water partition coefficient (Wildman–Crippen LogP) is 4.13. The van der Waals surface area contributed by atoms with Crippen molar-refractivity contribution in [3.63, 3.8) is 0 Å². The standard InChI is InChI=1S/C20H20ClNO3/c1-4-12-25-19-17(6-5-7-18(19)24-3)14(2)20(23)22-13-15-8-10-16(21)11-9-15/h5-11,14H,13H2,1-3H3,(H,22,23). The van der Waals surface area contributed by atoms with E-state index in [-0.39, 0.29) is 5.91 Å². The molecule has 0 saturated carbocycles. The van der Waals surface area contributed by atoms with Crippen LogP contribution in [0.3, 0.4) is 0 Å². The van der Waals surface area contributed by atoms with Crippen LogP contribution in [0.2, 0.25) is 5.02 Å². The van der Waals surface area contributed by atoms with Crippen molar-refractivity contribution in [1.82, 2.24) is 5.32 Å². The van der Waals surface area contributed by atoms with Crippen LogP contribution >= 0.6 is 11.6 Å². The van der Waals surface area contributed by atoms with E-state index in [2.05, 4.69) is 17.3 Å². The van der Waals surface area contributed by atoms with E-state index in [1.165, 1.54) is 0 Å². The van der Waals surface area contributed by atoms with Crippen molar-refractivity contribution in [2.45, 2.75) is 26.3 Å². The molecule has 5 heteroatoms. The number of nitrogens with one attached hydrogen (secondary N) is 1. The van der Waals surface area contributed by atoms with Crippen LogP contribution in [0.25, 0.3) is 0 Å². The smallest absolute Gasteiger partial charge is 0.227 e. The molecule has 4 nitrogen and oxygen atoms in total. The Bertz CT molecular complexity index is 791. The topological polar surface area (TPSA) is 47.6 Å². The maximum Gasteiger partial charge on any atom is 0.227 e. The summed E-state index contributed by atoms with van der Waals surface area (Å²) in [5.74, 6) is 3.15.